The maximum Gasteiger partial charge on any atom is 0.306 e. The maximum atomic E-state index is 11.8. The molecule has 5 heteroatoms. The third-order valence-electron chi connectivity index (χ3n) is 3.35. The minimum atomic E-state index is -0.418. The minimum absolute atomic E-state index is 0.0373. The van der Waals surface area contributed by atoms with E-state index >= 15 is 0 Å². The SMILES string of the molecule is C[C@@H](CC(=O)OCC(=O)Nc1ccccc1Cl)c1ccccc1. The van der Waals surface area contributed by atoms with Gasteiger partial charge in [0.25, 0.3) is 5.91 Å². The summed E-state index contributed by atoms with van der Waals surface area (Å²) in [4.78, 5) is 23.6. The van der Waals surface area contributed by atoms with Gasteiger partial charge in [0, 0.05) is 0 Å². The second kappa shape index (κ2) is 8.34. The summed E-state index contributed by atoms with van der Waals surface area (Å²) in [6.45, 7) is 1.62. The number of ether oxygens (including phenoxy) is 1. The fraction of sp³-hybridized carbons (Fsp3) is 0.222. The van der Waals surface area contributed by atoms with Gasteiger partial charge in [0.1, 0.15) is 0 Å². The van der Waals surface area contributed by atoms with E-state index in [-0.39, 0.29) is 18.9 Å². The maximum absolute atomic E-state index is 11.8. The lowest BCUT2D eigenvalue weighted by atomic mass is 9.98. The zero-order valence-electron chi connectivity index (χ0n) is 12.8. The van der Waals surface area contributed by atoms with Gasteiger partial charge in [0.15, 0.2) is 6.61 Å². The quantitative estimate of drug-likeness (QED) is 0.813. The molecule has 120 valence electrons. The first-order valence-electron chi connectivity index (χ1n) is 7.31. The van der Waals surface area contributed by atoms with Gasteiger partial charge in [-0.15, -0.1) is 0 Å². The fourth-order valence-corrected chi connectivity index (χ4v) is 2.29. The van der Waals surface area contributed by atoms with E-state index in [4.69, 9.17) is 16.3 Å². The second-order valence-corrected chi connectivity index (χ2v) is 5.61. The van der Waals surface area contributed by atoms with Crippen LogP contribution in [0.3, 0.4) is 0 Å². The van der Waals surface area contributed by atoms with Crippen LogP contribution in [-0.4, -0.2) is 18.5 Å². The number of para-hydroxylation sites is 1. The molecule has 0 saturated carbocycles. The highest BCUT2D eigenvalue weighted by Crippen LogP contribution is 2.21. The van der Waals surface area contributed by atoms with Gasteiger partial charge in [-0.1, -0.05) is 61.0 Å². The molecule has 2 aromatic carbocycles. The summed E-state index contributed by atoms with van der Waals surface area (Å²) in [5.41, 5.74) is 1.55. The average molecular weight is 332 g/mol. The van der Waals surface area contributed by atoms with Crippen molar-refractivity contribution < 1.29 is 14.3 Å². The molecule has 0 unspecified atom stereocenters. The molecule has 0 bridgehead atoms. The van der Waals surface area contributed by atoms with Crippen molar-refractivity contribution in [2.24, 2.45) is 0 Å². The van der Waals surface area contributed by atoms with Crippen molar-refractivity contribution in [3.8, 4) is 0 Å². The highest BCUT2D eigenvalue weighted by Gasteiger charge is 2.14. The Balaban J connectivity index is 1.78. The zero-order chi connectivity index (χ0) is 16.7. The third-order valence-corrected chi connectivity index (χ3v) is 3.68. The predicted octanol–water partition coefficient (Wildman–Crippen LogP) is 4.02. The first-order valence-corrected chi connectivity index (χ1v) is 7.69. The summed E-state index contributed by atoms with van der Waals surface area (Å²) in [5.74, 6) is -0.787. The van der Waals surface area contributed by atoms with Crippen LogP contribution in [0.1, 0.15) is 24.8 Å². The largest absolute Gasteiger partial charge is 0.456 e. The summed E-state index contributed by atoms with van der Waals surface area (Å²) in [6, 6.07) is 16.6. The van der Waals surface area contributed by atoms with Gasteiger partial charge in [-0.05, 0) is 23.6 Å². The molecule has 0 aliphatic rings. The molecule has 23 heavy (non-hydrogen) atoms. The van der Waals surface area contributed by atoms with Gasteiger partial charge in [-0.3, -0.25) is 9.59 Å². The monoisotopic (exact) mass is 331 g/mol. The molecule has 4 nitrogen and oxygen atoms in total. The number of benzene rings is 2. The molecular weight excluding hydrogens is 314 g/mol. The van der Waals surface area contributed by atoms with Crippen LogP contribution in [0.2, 0.25) is 5.02 Å². The van der Waals surface area contributed by atoms with Gasteiger partial charge in [-0.2, -0.15) is 0 Å². The van der Waals surface area contributed by atoms with Crippen LogP contribution in [0.15, 0.2) is 54.6 Å². The first-order chi connectivity index (χ1) is 11.1. The normalized spacial score (nSPS) is 11.6. The number of carbonyl (C=O) groups is 2. The van der Waals surface area contributed by atoms with Crippen LogP contribution in [0.4, 0.5) is 5.69 Å². The first kappa shape index (κ1) is 17.0. The molecule has 0 aliphatic carbocycles. The summed E-state index contributed by atoms with van der Waals surface area (Å²) in [5, 5.41) is 3.04. The molecule has 0 saturated heterocycles. The molecular formula is C18H18ClNO3. The highest BCUT2D eigenvalue weighted by molar-refractivity contribution is 6.33. The molecule has 1 amide bonds. The molecule has 1 N–H and O–H groups in total. The summed E-state index contributed by atoms with van der Waals surface area (Å²) in [6.07, 6.45) is 0.226. The number of carbonyl (C=O) groups excluding carboxylic acids is 2. The van der Waals surface area contributed by atoms with Gasteiger partial charge in [0.05, 0.1) is 17.1 Å². The molecule has 0 aromatic heterocycles. The van der Waals surface area contributed by atoms with E-state index in [0.29, 0.717) is 10.7 Å². The van der Waals surface area contributed by atoms with Crippen LogP contribution in [0.25, 0.3) is 0 Å². The Labute approximate surface area is 140 Å². The van der Waals surface area contributed by atoms with E-state index in [1.165, 1.54) is 0 Å². The van der Waals surface area contributed by atoms with Gasteiger partial charge in [0.2, 0.25) is 0 Å². The van der Waals surface area contributed by atoms with Gasteiger partial charge >= 0.3 is 5.97 Å². The van der Waals surface area contributed by atoms with E-state index in [2.05, 4.69) is 5.32 Å². The number of hydrogen-bond donors (Lipinski definition) is 1. The van der Waals surface area contributed by atoms with Crippen LogP contribution < -0.4 is 5.32 Å². The summed E-state index contributed by atoms with van der Waals surface area (Å²) < 4.78 is 5.01. The van der Waals surface area contributed by atoms with Crippen LogP contribution in [0, 0.1) is 0 Å². The van der Waals surface area contributed by atoms with E-state index < -0.39 is 11.9 Å². The average Bonchev–Trinajstić information content (AvgIpc) is 2.56. The minimum Gasteiger partial charge on any atom is -0.456 e. The van der Waals surface area contributed by atoms with Crippen LogP contribution in [-0.2, 0) is 14.3 Å². The lowest BCUT2D eigenvalue weighted by molar-refractivity contribution is -0.147. The zero-order valence-corrected chi connectivity index (χ0v) is 13.5. The Morgan fingerprint density at radius 2 is 1.74 bits per heavy atom. The van der Waals surface area contributed by atoms with Crippen molar-refractivity contribution in [1.82, 2.24) is 0 Å². The topological polar surface area (TPSA) is 55.4 Å². The molecule has 2 aromatic rings. The number of hydrogen-bond acceptors (Lipinski definition) is 3. The molecule has 0 heterocycles. The lowest BCUT2D eigenvalue weighted by Crippen LogP contribution is -2.21. The summed E-state index contributed by atoms with van der Waals surface area (Å²) in [7, 11) is 0. The van der Waals surface area contributed by atoms with Crippen molar-refractivity contribution in [3.63, 3.8) is 0 Å². The van der Waals surface area contributed by atoms with Crippen molar-refractivity contribution in [1.29, 1.82) is 0 Å². The third kappa shape index (κ3) is 5.42. The van der Waals surface area contributed by atoms with Crippen molar-refractivity contribution in [3.05, 3.63) is 65.2 Å². The molecule has 0 spiro atoms. The van der Waals surface area contributed by atoms with E-state index in [1.807, 2.05) is 37.3 Å². The number of esters is 1. The van der Waals surface area contributed by atoms with Gasteiger partial charge < -0.3 is 10.1 Å². The molecule has 0 radical (unpaired) electrons. The van der Waals surface area contributed by atoms with Crippen molar-refractivity contribution in [2.45, 2.75) is 19.3 Å². The van der Waals surface area contributed by atoms with Gasteiger partial charge in [-0.25, -0.2) is 0 Å². The van der Waals surface area contributed by atoms with Crippen molar-refractivity contribution >= 4 is 29.2 Å². The molecule has 1 atom stereocenters. The Kier molecular flexibility index (Phi) is 6.18. The Morgan fingerprint density at radius 3 is 2.43 bits per heavy atom. The highest BCUT2D eigenvalue weighted by atomic mass is 35.5. The van der Waals surface area contributed by atoms with E-state index in [0.717, 1.165) is 5.56 Å². The predicted molar refractivity (Wildman–Crippen MR) is 90.5 cm³/mol. The molecule has 0 aliphatic heterocycles. The van der Waals surface area contributed by atoms with E-state index in [9.17, 15) is 9.59 Å². The number of anilines is 1. The van der Waals surface area contributed by atoms with E-state index in [1.54, 1.807) is 24.3 Å². The van der Waals surface area contributed by atoms with Crippen LogP contribution >= 0.6 is 11.6 Å². The number of rotatable bonds is 6. The fourth-order valence-electron chi connectivity index (χ4n) is 2.10. The Bertz CT molecular complexity index is 673. The number of nitrogens with one attached hydrogen (secondary N) is 1. The molecule has 2 rings (SSSR count). The second-order valence-electron chi connectivity index (χ2n) is 5.20. The molecule has 0 fully saturated rings. The number of amides is 1. The summed E-state index contributed by atoms with van der Waals surface area (Å²) >= 11 is 5.95. The Morgan fingerprint density at radius 1 is 1.09 bits per heavy atom. The number of halogens is 1. The lowest BCUT2D eigenvalue weighted by Gasteiger charge is -2.12. The van der Waals surface area contributed by atoms with Crippen LogP contribution in [0.5, 0.6) is 0 Å². The Hall–Kier alpha value is -2.33. The van der Waals surface area contributed by atoms with Crippen molar-refractivity contribution in [2.75, 3.05) is 11.9 Å². The smallest absolute Gasteiger partial charge is 0.306 e. The standard InChI is InChI=1S/C18H18ClNO3/c1-13(14-7-3-2-4-8-14)11-18(22)23-12-17(21)20-16-10-6-5-9-15(16)19/h2-10,13H,11-12H2,1H3,(H,20,21)/t13-/m0/s1.